The van der Waals surface area contributed by atoms with Gasteiger partial charge in [-0.15, -0.1) is 0 Å². The van der Waals surface area contributed by atoms with E-state index in [9.17, 15) is 68.1 Å². The van der Waals surface area contributed by atoms with E-state index in [1.165, 1.54) is 0 Å². The van der Waals surface area contributed by atoms with Gasteiger partial charge in [0.2, 0.25) is 41.4 Å². The normalized spacial score (nSPS) is 14.5. The van der Waals surface area contributed by atoms with Crippen molar-refractivity contribution < 1.29 is 73.2 Å². The highest BCUT2D eigenvalue weighted by molar-refractivity contribution is 9.13. The number of halogens is 2. The Hall–Kier alpha value is -6.47. The van der Waals surface area contributed by atoms with Crippen LogP contribution in [0.2, 0.25) is 0 Å². The molecular formula is C46H62Br2N8O15. The number of hydrogen-bond donors (Lipinski definition) is 12. The van der Waals surface area contributed by atoms with Crippen LogP contribution in [-0.2, 0) is 65.6 Å². The van der Waals surface area contributed by atoms with Crippen molar-refractivity contribution in [1.29, 1.82) is 0 Å². The van der Waals surface area contributed by atoms with E-state index in [2.05, 4.69) is 69.1 Å². The fraction of sp³-hybridized carbons (Fsp3) is 0.500. The first-order chi connectivity index (χ1) is 33.2. The third-order valence-electron chi connectivity index (χ3n) is 10.6. The van der Waals surface area contributed by atoms with Crippen LogP contribution in [0.5, 0.6) is 0 Å². The summed E-state index contributed by atoms with van der Waals surface area (Å²) in [6.07, 6.45) is -3.16. The molecule has 2 aromatic rings. The second kappa shape index (κ2) is 29.7. The lowest BCUT2D eigenvalue weighted by molar-refractivity contribution is -0.143. The average Bonchev–Trinajstić information content (AvgIpc) is 3.28. The summed E-state index contributed by atoms with van der Waals surface area (Å²) in [6.45, 7) is 7.88. The van der Waals surface area contributed by atoms with Gasteiger partial charge in [0.1, 0.15) is 42.3 Å². The van der Waals surface area contributed by atoms with Gasteiger partial charge in [0.15, 0.2) is 0 Å². The topological polar surface area (TPSA) is 379 Å². The highest BCUT2D eigenvalue weighted by atomic mass is 79.9. The highest BCUT2D eigenvalue weighted by Crippen LogP contribution is 2.24. The van der Waals surface area contributed by atoms with Crippen LogP contribution in [0.25, 0.3) is 0 Å². The average molecular weight is 1130 g/mol. The largest absolute Gasteiger partial charge is 0.481 e. The predicted octanol–water partition coefficient (Wildman–Crippen LogP) is 0.729. The molecule has 7 amide bonds. The maximum absolute atomic E-state index is 14.2. The van der Waals surface area contributed by atoms with Gasteiger partial charge in [-0.2, -0.15) is 0 Å². The van der Waals surface area contributed by atoms with Crippen molar-refractivity contribution in [1.82, 2.24) is 37.2 Å². The number of hydrogen-bond acceptors (Lipinski definition) is 12. The van der Waals surface area contributed by atoms with E-state index >= 15 is 0 Å². The first kappa shape index (κ1) is 60.7. The maximum Gasteiger partial charge on any atom is 0.326 e. The van der Waals surface area contributed by atoms with Crippen LogP contribution in [0, 0.1) is 11.8 Å². The predicted molar refractivity (Wildman–Crippen MR) is 261 cm³/mol. The van der Waals surface area contributed by atoms with Gasteiger partial charge >= 0.3 is 23.9 Å². The minimum Gasteiger partial charge on any atom is -0.481 e. The number of nitrogens with one attached hydrogen (secondary N) is 7. The van der Waals surface area contributed by atoms with E-state index in [0.29, 0.717) is 20.1 Å². The standard InChI is InChI=1S/C46H62Br2N8O15/c1-22(2)17-31(54-45(69)38(23(3)4)56-40(64)29(49)13-15-35(57)58)43(67)52-32(20-26-11-12-27(47)28(48)18-26)44(68)53-33(21-37(61)62)42(66)50-24(5)39(63)51-30(14-16-36(59)60)41(65)55-34(46(70)71)19-25-9-7-6-8-10-25/h6-12,18,22-24,29-34,38H,13-17,19-21,49H2,1-5H3,(H,50,66)(H,51,63)(H,52,67)(H,53,68)(H,54,69)(H,55,65)(H,56,64)(H,57,58)(H,59,60)(H,61,62)(H,70,71)/t24-,29-,30-,31-,32-,33-,34-,38-/m0/s1. The summed E-state index contributed by atoms with van der Waals surface area (Å²) in [6, 6.07) is 1.24. The lowest BCUT2D eigenvalue weighted by atomic mass is 9.98. The molecule has 23 nitrogen and oxygen atoms in total. The molecule has 8 atom stereocenters. The van der Waals surface area contributed by atoms with Crippen LogP contribution in [0.3, 0.4) is 0 Å². The van der Waals surface area contributed by atoms with Crippen molar-refractivity contribution in [3.63, 3.8) is 0 Å². The van der Waals surface area contributed by atoms with Crippen molar-refractivity contribution >= 4 is 97.1 Å². The van der Waals surface area contributed by atoms with E-state index in [1.807, 2.05) is 0 Å². The number of carboxylic acid groups (broad SMARTS) is 4. The fourth-order valence-corrected chi connectivity index (χ4v) is 7.42. The quantitative estimate of drug-likeness (QED) is 0.0513. The van der Waals surface area contributed by atoms with Crippen molar-refractivity contribution in [3.05, 3.63) is 68.6 Å². The molecule has 0 saturated carbocycles. The van der Waals surface area contributed by atoms with Gasteiger partial charge in [-0.1, -0.05) is 64.1 Å². The van der Waals surface area contributed by atoms with E-state index < -0.39 is 145 Å². The maximum atomic E-state index is 14.2. The number of benzene rings is 2. The lowest BCUT2D eigenvalue weighted by Gasteiger charge is -2.28. The van der Waals surface area contributed by atoms with Crippen molar-refractivity contribution in [2.45, 2.75) is 134 Å². The number of amides is 7. The smallest absolute Gasteiger partial charge is 0.326 e. The van der Waals surface area contributed by atoms with Gasteiger partial charge in [0, 0.05) is 34.6 Å². The van der Waals surface area contributed by atoms with Gasteiger partial charge < -0.3 is 63.4 Å². The monoisotopic (exact) mass is 1120 g/mol. The van der Waals surface area contributed by atoms with Gasteiger partial charge in [0.25, 0.3) is 0 Å². The van der Waals surface area contributed by atoms with Crippen LogP contribution in [0.4, 0.5) is 0 Å². The van der Waals surface area contributed by atoms with Gasteiger partial charge in [0.05, 0.1) is 12.5 Å². The molecular weight excluding hydrogens is 1060 g/mol. The number of carbonyl (C=O) groups excluding carboxylic acids is 7. The summed E-state index contributed by atoms with van der Waals surface area (Å²) < 4.78 is 1.19. The van der Waals surface area contributed by atoms with Crippen molar-refractivity contribution in [2.24, 2.45) is 17.6 Å². The third kappa shape index (κ3) is 22.0. The summed E-state index contributed by atoms with van der Waals surface area (Å²) in [5.41, 5.74) is 6.88. The van der Waals surface area contributed by atoms with Crippen molar-refractivity contribution in [3.8, 4) is 0 Å². The van der Waals surface area contributed by atoms with Crippen LogP contribution < -0.4 is 43.0 Å². The first-order valence-electron chi connectivity index (χ1n) is 22.4. The zero-order valence-corrected chi connectivity index (χ0v) is 42.8. The molecule has 2 rings (SSSR count). The Bertz CT molecular complexity index is 2250. The fourth-order valence-electron chi connectivity index (χ4n) is 6.74. The Morgan fingerprint density at radius 3 is 1.56 bits per heavy atom. The van der Waals surface area contributed by atoms with Crippen LogP contribution in [0.1, 0.15) is 84.3 Å². The Balaban J connectivity index is 2.39. The Morgan fingerprint density at radius 2 is 1.01 bits per heavy atom. The Labute approximate surface area is 426 Å². The Kier molecular flexibility index (Phi) is 25.3. The van der Waals surface area contributed by atoms with Gasteiger partial charge in [-0.25, -0.2) is 4.79 Å². The number of carbonyl (C=O) groups is 11. The minimum absolute atomic E-state index is 0.0171. The molecule has 0 aliphatic carbocycles. The molecule has 0 aromatic heterocycles. The van der Waals surface area contributed by atoms with Gasteiger partial charge in [-0.3, -0.25) is 47.9 Å². The summed E-state index contributed by atoms with van der Waals surface area (Å²) in [5, 5.41) is 54.8. The second-order valence-electron chi connectivity index (χ2n) is 17.4. The Morgan fingerprint density at radius 1 is 0.507 bits per heavy atom. The molecule has 390 valence electrons. The molecule has 0 fully saturated rings. The minimum atomic E-state index is -1.89. The number of nitrogens with two attached hydrogens (primary N) is 1. The molecule has 0 bridgehead atoms. The van der Waals surface area contributed by atoms with E-state index in [-0.39, 0.29) is 31.6 Å². The second-order valence-corrected chi connectivity index (χ2v) is 19.2. The third-order valence-corrected chi connectivity index (χ3v) is 12.5. The first-order valence-corrected chi connectivity index (χ1v) is 24.0. The number of carboxylic acids is 4. The van der Waals surface area contributed by atoms with E-state index in [4.69, 9.17) is 10.8 Å². The molecule has 2 aromatic carbocycles. The molecule has 0 spiro atoms. The van der Waals surface area contributed by atoms with Crippen LogP contribution >= 0.6 is 31.9 Å². The molecule has 0 aliphatic rings. The summed E-state index contributed by atoms with van der Waals surface area (Å²) in [4.78, 5) is 142. The molecule has 25 heteroatoms. The molecule has 0 unspecified atom stereocenters. The summed E-state index contributed by atoms with van der Waals surface area (Å²) >= 11 is 6.75. The van der Waals surface area contributed by atoms with E-state index in [1.54, 1.807) is 76.2 Å². The SMILES string of the molecule is CC(C)C[C@H](NC(=O)[C@@H](NC(=O)[C@@H](N)CCC(=O)O)C(C)C)C(=O)N[C@@H](Cc1ccc(Br)c(Br)c1)C(=O)N[C@@H](CC(=O)O)C(=O)N[C@@H](C)C(=O)N[C@@H](CCC(=O)O)C(=O)N[C@@H](Cc1ccccc1)C(=O)O. The zero-order chi connectivity index (χ0) is 53.7. The molecule has 0 heterocycles. The number of aliphatic carboxylic acids is 4. The molecule has 13 N–H and O–H groups in total. The van der Waals surface area contributed by atoms with Crippen LogP contribution in [-0.4, -0.2) is 134 Å². The summed E-state index contributed by atoms with van der Waals surface area (Å²) in [5.74, 6) is -13.1. The van der Waals surface area contributed by atoms with Crippen molar-refractivity contribution in [2.75, 3.05) is 0 Å². The number of rotatable bonds is 30. The van der Waals surface area contributed by atoms with Crippen LogP contribution in [0.15, 0.2) is 57.5 Å². The molecule has 0 saturated heterocycles. The summed E-state index contributed by atoms with van der Waals surface area (Å²) in [7, 11) is 0. The van der Waals surface area contributed by atoms with E-state index in [0.717, 1.165) is 6.92 Å². The van der Waals surface area contributed by atoms with Gasteiger partial charge in [-0.05, 0) is 93.1 Å². The highest BCUT2D eigenvalue weighted by Gasteiger charge is 2.35. The zero-order valence-electron chi connectivity index (χ0n) is 39.7. The molecule has 71 heavy (non-hydrogen) atoms. The molecule has 0 aliphatic heterocycles. The molecule has 0 radical (unpaired) electrons. The lowest BCUT2D eigenvalue weighted by Crippen LogP contribution is -2.61.